The number of hydrogen-bond donors (Lipinski definition) is 3. The van der Waals surface area contributed by atoms with Crippen molar-refractivity contribution in [1.82, 2.24) is 0 Å². The lowest BCUT2D eigenvalue weighted by atomic mass is 10.1. The van der Waals surface area contributed by atoms with E-state index in [9.17, 15) is 18.0 Å². The van der Waals surface area contributed by atoms with Gasteiger partial charge in [-0.3, -0.25) is 5.41 Å². The van der Waals surface area contributed by atoms with Crippen LogP contribution in [0.1, 0.15) is 22.0 Å². The van der Waals surface area contributed by atoms with E-state index < -0.39 is 28.2 Å². The van der Waals surface area contributed by atoms with Gasteiger partial charge in [0.15, 0.2) is 5.96 Å². The van der Waals surface area contributed by atoms with Gasteiger partial charge >= 0.3 is 22.1 Å². The highest BCUT2D eigenvalue weighted by Gasteiger charge is 2.29. The Morgan fingerprint density at radius 1 is 1.07 bits per heavy atom. The number of rotatable bonds is 6. The zero-order valence-electron chi connectivity index (χ0n) is 14.2. The number of nitrogens with two attached hydrogens (primary N) is 1. The third-order valence-corrected chi connectivity index (χ3v) is 3.64. The van der Waals surface area contributed by atoms with E-state index in [0.717, 1.165) is 6.26 Å². The van der Waals surface area contributed by atoms with Crippen molar-refractivity contribution in [2.24, 2.45) is 5.73 Å². The molecule has 1 unspecified atom stereocenters. The van der Waals surface area contributed by atoms with E-state index in [-0.39, 0.29) is 17.1 Å². The van der Waals surface area contributed by atoms with Crippen LogP contribution in [0.2, 0.25) is 0 Å². The Morgan fingerprint density at radius 3 is 2.19 bits per heavy atom. The van der Waals surface area contributed by atoms with Crippen molar-refractivity contribution in [3.63, 3.8) is 0 Å². The zero-order chi connectivity index (χ0) is 20.0. The normalized spacial score (nSPS) is 11.9. The van der Waals surface area contributed by atoms with Crippen LogP contribution in [-0.2, 0) is 23.8 Å². The van der Waals surface area contributed by atoms with Gasteiger partial charge < -0.3 is 20.0 Å². The molecule has 0 aliphatic carbocycles. The third kappa shape index (κ3) is 6.12. The minimum absolute atomic E-state index is 0.109. The number of esters is 1. The molecule has 10 heteroatoms. The summed E-state index contributed by atoms with van der Waals surface area (Å²) in [6.07, 6.45) is -0.835. The number of nitrogens with one attached hydrogen (secondary N) is 2. The summed E-state index contributed by atoms with van der Waals surface area (Å²) < 4.78 is 32.0. The van der Waals surface area contributed by atoms with E-state index in [1.807, 2.05) is 0 Å². The van der Waals surface area contributed by atoms with E-state index in [4.69, 9.17) is 15.9 Å². The molecule has 0 aliphatic heterocycles. The molecule has 9 nitrogen and oxygen atoms in total. The summed E-state index contributed by atoms with van der Waals surface area (Å²) in [7, 11) is -4.08. The van der Waals surface area contributed by atoms with Crippen LogP contribution in [0, 0.1) is 5.41 Å². The Bertz CT molecular complexity index is 942. The van der Waals surface area contributed by atoms with E-state index in [2.05, 4.69) is 9.50 Å². The highest BCUT2D eigenvalue weighted by Crippen LogP contribution is 2.22. The van der Waals surface area contributed by atoms with Crippen molar-refractivity contribution in [3.05, 3.63) is 65.7 Å². The first-order valence-electron chi connectivity index (χ1n) is 7.56. The average molecular weight is 391 g/mol. The SMILES string of the molecule is CS(=O)(=O)OC(=O)C(OC(=O)c1ccc(NC(=N)N)cc1)c1ccccc1. The molecule has 0 amide bonds. The van der Waals surface area contributed by atoms with Gasteiger partial charge in [0.05, 0.1) is 11.8 Å². The van der Waals surface area contributed by atoms with E-state index >= 15 is 0 Å². The van der Waals surface area contributed by atoms with E-state index in [0.29, 0.717) is 5.69 Å². The first-order chi connectivity index (χ1) is 12.7. The molecule has 0 fully saturated rings. The lowest BCUT2D eigenvalue weighted by molar-refractivity contribution is -0.144. The van der Waals surface area contributed by atoms with Crippen LogP contribution in [0.4, 0.5) is 5.69 Å². The van der Waals surface area contributed by atoms with Gasteiger partial charge in [-0.1, -0.05) is 30.3 Å². The number of hydrogen-bond acceptors (Lipinski definition) is 7. The van der Waals surface area contributed by atoms with E-state index in [1.165, 1.54) is 36.4 Å². The molecule has 142 valence electrons. The van der Waals surface area contributed by atoms with Gasteiger partial charge in [0.1, 0.15) is 0 Å². The minimum Gasteiger partial charge on any atom is -0.442 e. The molecule has 2 rings (SSSR count). The molecular formula is C17H17N3O6S. The maximum absolute atomic E-state index is 12.4. The Hall–Kier alpha value is -3.40. The van der Waals surface area contributed by atoms with Gasteiger partial charge in [0.25, 0.3) is 0 Å². The Kier molecular flexibility index (Phi) is 6.14. The summed E-state index contributed by atoms with van der Waals surface area (Å²) in [4.78, 5) is 24.5. The summed E-state index contributed by atoms with van der Waals surface area (Å²) in [5, 5.41) is 9.70. The van der Waals surface area contributed by atoms with Gasteiger partial charge in [-0.05, 0) is 24.3 Å². The molecule has 0 spiro atoms. The summed E-state index contributed by atoms with van der Waals surface area (Å²) in [6.45, 7) is 0. The molecule has 0 aliphatic rings. The second-order valence-corrected chi connectivity index (χ2v) is 6.99. The molecule has 1 atom stereocenters. The highest BCUT2D eigenvalue weighted by atomic mass is 32.2. The quantitative estimate of drug-likeness (QED) is 0.289. The van der Waals surface area contributed by atoms with E-state index in [1.54, 1.807) is 18.2 Å². The number of anilines is 1. The summed E-state index contributed by atoms with van der Waals surface area (Å²) in [6, 6.07) is 13.7. The van der Waals surface area contributed by atoms with Crippen LogP contribution in [0.5, 0.6) is 0 Å². The fourth-order valence-corrected chi connectivity index (χ4v) is 2.48. The standard InChI is InChI=1S/C17H17N3O6S/c1-27(23,24)26-16(22)14(11-5-3-2-4-6-11)25-15(21)12-7-9-13(10-8-12)20-17(18)19/h2-10,14H,1H3,(H4,18,19,20). The van der Waals surface area contributed by atoms with Crippen molar-refractivity contribution in [2.75, 3.05) is 11.6 Å². The fourth-order valence-electron chi connectivity index (χ4n) is 2.09. The van der Waals surface area contributed by atoms with Crippen LogP contribution >= 0.6 is 0 Å². The molecule has 0 aromatic heterocycles. The molecular weight excluding hydrogens is 374 g/mol. The van der Waals surface area contributed by atoms with Crippen molar-refractivity contribution in [1.29, 1.82) is 5.41 Å². The van der Waals surface area contributed by atoms with Gasteiger partial charge in [-0.15, -0.1) is 0 Å². The summed E-state index contributed by atoms with van der Waals surface area (Å²) >= 11 is 0. The van der Waals surface area contributed by atoms with Crippen LogP contribution in [0.15, 0.2) is 54.6 Å². The lowest BCUT2D eigenvalue weighted by Crippen LogP contribution is -2.24. The summed E-state index contributed by atoms with van der Waals surface area (Å²) in [5.41, 5.74) is 6.07. The first kappa shape index (κ1) is 19.9. The Labute approximate surface area is 155 Å². The monoisotopic (exact) mass is 391 g/mol. The Morgan fingerprint density at radius 2 is 1.67 bits per heavy atom. The van der Waals surface area contributed by atoms with Gasteiger partial charge in [0.2, 0.25) is 6.10 Å². The van der Waals surface area contributed by atoms with Crippen molar-refractivity contribution >= 4 is 33.7 Å². The van der Waals surface area contributed by atoms with Gasteiger partial charge in [-0.25, -0.2) is 9.59 Å². The molecule has 27 heavy (non-hydrogen) atoms. The molecule has 2 aromatic rings. The smallest absolute Gasteiger partial charge is 0.367 e. The van der Waals surface area contributed by atoms with Gasteiger partial charge in [-0.2, -0.15) is 8.42 Å². The highest BCUT2D eigenvalue weighted by molar-refractivity contribution is 7.86. The molecule has 0 bridgehead atoms. The molecule has 4 N–H and O–H groups in total. The predicted octanol–water partition coefficient (Wildman–Crippen LogP) is 1.39. The maximum Gasteiger partial charge on any atom is 0.367 e. The van der Waals surface area contributed by atoms with Crippen LogP contribution in [-0.4, -0.2) is 32.6 Å². The maximum atomic E-state index is 12.4. The number of carbonyl (C=O) groups excluding carboxylic acids is 2. The van der Waals surface area contributed by atoms with Crippen LogP contribution in [0.3, 0.4) is 0 Å². The minimum atomic E-state index is -4.08. The van der Waals surface area contributed by atoms with Crippen molar-refractivity contribution < 1.29 is 26.9 Å². The van der Waals surface area contributed by atoms with Crippen molar-refractivity contribution in [2.45, 2.75) is 6.10 Å². The van der Waals surface area contributed by atoms with Crippen LogP contribution in [0.25, 0.3) is 0 Å². The molecule has 2 aromatic carbocycles. The zero-order valence-corrected chi connectivity index (χ0v) is 15.0. The van der Waals surface area contributed by atoms with Crippen LogP contribution < -0.4 is 11.1 Å². The fraction of sp³-hybridized carbons (Fsp3) is 0.118. The second-order valence-electron chi connectivity index (χ2n) is 5.42. The molecule has 0 radical (unpaired) electrons. The average Bonchev–Trinajstić information content (AvgIpc) is 2.58. The summed E-state index contributed by atoms with van der Waals surface area (Å²) in [5.74, 6) is -2.35. The largest absolute Gasteiger partial charge is 0.442 e. The lowest BCUT2D eigenvalue weighted by Gasteiger charge is -2.16. The molecule has 0 saturated carbocycles. The number of ether oxygens (including phenoxy) is 1. The second kappa shape index (κ2) is 8.32. The van der Waals surface area contributed by atoms with Gasteiger partial charge in [0, 0.05) is 11.3 Å². The predicted molar refractivity (Wildman–Crippen MR) is 97.5 cm³/mol. The number of benzene rings is 2. The van der Waals surface area contributed by atoms with Crippen molar-refractivity contribution in [3.8, 4) is 0 Å². The third-order valence-electron chi connectivity index (χ3n) is 3.17. The topological polar surface area (TPSA) is 149 Å². The Balaban J connectivity index is 2.22. The number of guanidine groups is 1. The first-order valence-corrected chi connectivity index (χ1v) is 9.38. The molecule has 0 saturated heterocycles. The number of carbonyl (C=O) groups is 2. The molecule has 0 heterocycles.